The summed E-state index contributed by atoms with van der Waals surface area (Å²) >= 11 is 9.71. The lowest BCUT2D eigenvalue weighted by molar-refractivity contribution is -2.00. The van der Waals surface area contributed by atoms with Gasteiger partial charge in [0.25, 0.3) is 0 Å². The lowest BCUT2D eigenvalue weighted by Gasteiger charge is -2.17. The van der Waals surface area contributed by atoms with E-state index in [0.29, 0.717) is 0 Å². The van der Waals surface area contributed by atoms with Gasteiger partial charge in [-0.15, -0.1) is 10.2 Å². The molecule has 0 unspecified atom stereocenters. The zero-order valence-corrected chi connectivity index (χ0v) is 16.6. The topological polar surface area (TPSA) is 95.2 Å². The minimum absolute atomic E-state index is 0.737. The maximum Gasteiger partial charge on any atom is 0.164 e. The normalized spacial score (nSPS) is 11.4. The van der Waals surface area contributed by atoms with Crippen molar-refractivity contribution in [3.8, 4) is 11.1 Å². The molecule has 0 aliphatic carbocycles. The summed E-state index contributed by atoms with van der Waals surface area (Å²) in [6.45, 7) is 0. The van der Waals surface area contributed by atoms with Crippen molar-refractivity contribution in [3.05, 3.63) is 64.6 Å². The summed E-state index contributed by atoms with van der Waals surface area (Å²) in [6.07, 6.45) is 3.83. The predicted molar refractivity (Wildman–Crippen MR) is 91.6 cm³/mol. The largest absolute Gasteiger partial charge is 0.241 e. The third-order valence-electron chi connectivity index (χ3n) is 2.86. The molecule has 8 heteroatoms. The number of benzene rings is 2. The van der Waals surface area contributed by atoms with Crippen molar-refractivity contribution in [1.82, 2.24) is 0 Å². The Morgan fingerprint density at radius 2 is 1.32 bits per heavy atom. The number of rotatable bonds is 3. The molecule has 5 nitrogen and oxygen atoms in total. The van der Waals surface area contributed by atoms with Crippen molar-refractivity contribution in [3.63, 3.8) is 0 Å². The molecule has 0 fully saturated rings. The van der Waals surface area contributed by atoms with Crippen molar-refractivity contribution >= 4 is 38.8 Å². The van der Waals surface area contributed by atoms with E-state index in [9.17, 15) is 0 Å². The number of hydrogen-bond donors (Lipinski definition) is 0. The first-order valence-electron chi connectivity index (χ1n) is 6.91. The summed E-state index contributed by atoms with van der Waals surface area (Å²) in [7, 11) is -1.01. The zero-order valence-electron chi connectivity index (χ0n) is 13.5. The Bertz CT molecular complexity index is 729. The smallest absolute Gasteiger partial charge is 0.164 e. The van der Waals surface area contributed by atoms with Crippen LogP contribution in [0.4, 0.5) is 0 Å². The lowest BCUT2D eigenvalue weighted by atomic mass is 10.0. The maximum atomic E-state index is 8.49. The summed E-state index contributed by atoms with van der Waals surface area (Å²) in [6, 6.07) is 16.5. The minimum atomic E-state index is -4.94. The second-order valence-electron chi connectivity index (χ2n) is 5.09. The van der Waals surface area contributed by atoms with Crippen LogP contribution in [0.25, 0.3) is 16.2 Å². The molecule has 2 rings (SSSR count). The zero-order chi connectivity index (χ0) is 19.0. The standard InChI is InChI=1S/C17H16BrClN.ClHO4/c1-20(2)12-11-17(19)15-5-3-13(4-6-15)14-7-9-16(18)10-8-14;2-1(3,4)5/h3-12H,1-2H3;(H,2,3,4,5)/q+1;/p-1/b17-11-;. The highest BCUT2D eigenvalue weighted by Crippen LogP contribution is 2.25. The van der Waals surface area contributed by atoms with Gasteiger partial charge in [0.15, 0.2) is 6.21 Å². The summed E-state index contributed by atoms with van der Waals surface area (Å²) in [4.78, 5) is 0. The van der Waals surface area contributed by atoms with Gasteiger partial charge in [0, 0.05) is 10.5 Å². The Kier molecular flexibility index (Phi) is 8.75. The van der Waals surface area contributed by atoms with Crippen LogP contribution in [0, 0.1) is 10.2 Å². The van der Waals surface area contributed by atoms with E-state index < -0.39 is 10.2 Å². The summed E-state index contributed by atoms with van der Waals surface area (Å²) in [5, 5.41) is 0.737. The van der Waals surface area contributed by atoms with Gasteiger partial charge in [-0.1, -0.05) is 63.9 Å². The van der Waals surface area contributed by atoms with Crippen molar-refractivity contribution in [2.45, 2.75) is 0 Å². The van der Waals surface area contributed by atoms with Crippen molar-refractivity contribution < 1.29 is 33.5 Å². The van der Waals surface area contributed by atoms with Gasteiger partial charge in [0.1, 0.15) is 14.1 Å². The SMILES string of the molecule is C[N+](C)=C/C=C(\Cl)c1ccc(-c2ccc(Br)cc2)cc1.[O-][Cl+3]([O-])([O-])[O-]. The average Bonchev–Trinajstić information content (AvgIpc) is 2.52. The number of nitrogens with zero attached hydrogens (tertiary/aromatic N) is 1. The molecule has 0 atom stereocenters. The predicted octanol–water partition coefficient (Wildman–Crippen LogP) is 0.283. The van der Waals surface area contributed by atoms with Crippen molar-refractivity contribution in [1.29, 1.82) is 0 Å². The quantitative estimate of drug-likeness (QED) is 0.497. The first-order chi connectivity index (χ1) is 11.6. The number of allylic oxidation sites excluding steroid dienone is 1. The summed E-state index contributed by atoms with van der Waals surface area (Å²) in [5.74, 6) is 0. The molecule has 0 saturated heterocycles. The van der Waals surface area contributed by atoms with Gasteiger partial charge in [-0.3, -0.25) is 0 Å². The van der Waals surface area contributed by atoms with Gasteiger partial charge in [-0.25, -0.2) is 23.2 Å². The van der Waals surface area contributed by atoms with E-state index >= 15 is 0 Å². The molecule has 2 aromatic carbocycles. The molecule has 0 bridgehead atoms. The third kappa shape index (κ3) is 9.72. The van der Waals surface area contributed by atoms with Gasteiger partial charge < -0.3 is 0 Å². The van der Waals surface area contributed by atoms with Crippen LogP contribution < -0.4 is 18.6 Å². The lowest BCUT2D eigenvalue weighted by Crippen LogP contribution is -2.68. The van der Waals surface area contributed by atoms with Crippen LogP contribution >= 0.6 is 27.5 Å². The molecule has 134 valence electrons. The van der Waals surface area contributed by atoms with Crippen LogP contribution in [0.1, 0.15) is 5.56 Å². The Balaban J connectivity index is 0.000000550. The van der Waals surface area contributed by atoms with E-state index in [2.05, 4.69) is 40.2 Å². The van der Waals surface area contributed by atoms with Crippen LogP contribution in [0.15, 0.2) is 59.1 Å². The molecular weight excluding hydrogens is 433 g/mol. The second-order valence-corrected chi connectivity index (χ2v) is 7.17. The Morgan fingerprint density at radius 1 is 0.920 bits per heavy atom. The van der Waals surface area contributed by atoms with Gasteiger partial charge in [-0.05, 0) is 28.8 Å². The first-order valence-corrected chi connectivity index (χ1v) is 9.32. The molecule has 2 aromatic rings. The molecule has 0 aliphatic rings. The first kappa shape index (κ1) is 21.8. The van der Waals surface area contributed by atoms with E-state index in [1.54, 1.807) is 0 Å². The van der Waals surface area contributed by atoms with Crippen LogP contribution in [0.5, 0.6) is 0 Å². The average molecular weight is 449 g/mol. The number of halogens is 3. The molecule has 0 radical (unpaired) electrons. The molecule has 0 aromatic heterocycles. The van der Waals surface area contributed by atoms with E-state index in [1.165, 1.54) is 11.1 Å². The minimum Gasteiger partial charge on any atom is -0.241 e. The summed E-state index contributed by atoms with van der Waals surface area (Å²) in [5.41, 5.74) is 3.40. The molecule has 25 heavy (non-hydrogen) atoms. The van der Waals surface area contributed by atoms with E-state index in [1.807, 2.05) is 55.2 Å². The highest BCUT2D eigenvalue weighted by molar-refractivity contribution is 9.10. The van der Waals surface area contributed by atoms with Crippen LogP contribution in [-0.2, 0) is 0 Å². The molecule has 0 aliphatic heterocycles. The molecule has 0 saturated carbocycles. The van der Waals surface area contributed by atoms with Gasteiger partial charge >= 0.3 is 0 Å². The Morgan fingerprint density at radius 3 is 1.72 bits per heavy atom. The highest BCUT2D eigenvalue weighted by Gasteiger charge is 2.01. The van der Waals surface area contributed by atoms with E-state index in [0.717, 1.165) is 15.1 Å². The molecule has 0 spiro atoms. The van der Waals surface area contributed by atoms with Crippen molar-refractivity contribution in [2.75, 3.05) is 14.1 Å². The van der Waals surface area contributed by atoms with Gasteiger partial charge in [0.05, 0.1) is 5.03 Å². The fourth-order valence-corrected chi connectivity index (χ4v) is 2.22. The molecule has 0 heterocycles. The van der Waals surface area contributed by atoms with E-state index in [-0.39, 0.29) is 0 Å². The van der Waals surface area contributed by atoms with E-state index in [4.69, 9.17) is 30.2 Å². The molecule has 0 amide bonds. The fourth-order valence-electron chi connectivity index (χ4n) is 1.77. The van der Waals surface area contributed by atoms with Crippen molar-refractivity contribution in [2.24, 2.45) is 0 Å². The maximum absolute atomic E-state index is 8.49. The molecular formula is C17H16BrCl2NO4. The molecule has 0 N–H and O–H groups in total. The van der Waals surface area contributed by atoms with Crippen LogP contribution in [0.2, 0.25) is 0 Å². The monoisotopic (exact) mass is 447 g/mol. The van der Waals surface area contributed by atoms with Crippen LogP contribution in [-0.4, -0.2) is 24.9 Å². The second kappa shape index (κ2) is 10.0. The van der Waals surface area contributed by atoms with Gasteiger partial charge in [0.2, 0.25) is 0 Å². The van der Waals surface area contributed by atoms with Crippen LogP contribution in [0.3, 0.4) is 0 Å². The Labute approximate surface area is 162 Å². The van der Waals surface area contributed by atoms with Gasteiger partial charge in [-0.2, -0.15) is 0 Å². The Hall–Kier alpha value is -1.25. The number of hydrogen-bond acceptors (Lipinski definition) is 4. The fraction of sp³-hybridized carbons (Fsp3) is 0.118. The third-order valence-corrected chi connectivity index (χ3v) is 3.73. The summed E-state index contributed by atoms with van der Waals surface area (Å²) < 4.78 is 37.0. The highest BCUT2D eigenvalue weighted by atomic mass is 79.9.